The summed E-state index contributed by atoms with van der Waals surface area (Å²) in [5, 5.41) is 0. The van der Waals surface area contributed by atoms with E-state index in [0.29, 0.717) is 18.0 Å². The highest BCUT2D eigenvalue weighted by molar-refractivity contribution is 7.89. The van der Waals surface area contributed by atoms with Crippen LogP contribution in [0.2, 0.25) is 0 Å². The van der Waals surface area contributed by atoms with Gasteiger partial charge in [-0.25, -0.2) is 12.7 Å². The molecular formula is C12H20N2O3S. The lowest BCUT2D eigenvalue weighted by molar-refractivity contribution is 0.397. The molecule has 2 N–H and O–H groups in total. The summed E-state index contributed by atoms with van der Waals surface area (Å²) >= 11 is 0. The molecule has 0 aliphatic heterocycles. The SMILES string of the molecule is CCCN(C)S(=O)(=O)c1cc(N)c(C)cc1OC. The Kier molecular flexibility index (Phi) is 4.59. The van der Waals surface area contributed by atoms with Gasteiger partial charge in [0.15, 0.2) is 0 Å². The molecule has 0 unspecified atom stereocenters. The quantitative estimate of drug-likeness (QED) is 0.827. The van der Waals surface area contributed by atoms with Gasteiger partial charge in [0.25, 0.3) is 0 Å². The molecular weight excluding hydrogens is 252 g/mol. The molecule has 6 heteroatoms. The van der Waals surface area contributed by atoms with Crippen LogP contribution in [-0.2, 0) is 10.0 Å². The number of nitrogen functional groups attached to an aromatic ring is 1. The second-order valence-corrected chi connectivity index (χ2v) is 6.20. The Hall–Kier alpha value is -1.27. The first-order valence-electron chi connectivity index (χ1n) is 5.75. The van der Waals surface area contributed by atoms with E-state index in [0.717, 1.165) is 12.0 Å². The minimum Gasteiger partial charge on any atom is -0.495 e. The zero-order chi connectivity index (χ0) is 13.9. The zero-order valence-corrected chi connectivity index (χ0v) is 12.0. The molecule has 0 heterocycles. The van der Waals surface area contributed by atoms with Crippen LogP contribution in [0.15, 0.2) is 17.0 Å². The first-order chi connectivity index (χ1) is 8.34. The highest BCUT2D eigenvalue weighted by Crippen LogP contribution is 2.30. The number of methoxy groups -OCH3 is 1. The summed E-state index contributed by atoms with van der Waals surface area (Å²) in [6.45, 7) is 4.19. The standard InChI is InChI=1S/C12H20N2O3S/c1-5-6-14(3)18(15,16)12-8-10(13)9(2)7-11(12)17-4/h7-8H,5-6,13H2,1-4H3. The van der Waals surface area contributed by atoms with Crippen molar-refractivity contribution < 1.29 is 13.2 Å². The van der Waals surface area contributed by atoms with Gasteiger partial charge >= 0.3 is 0 Å². The Bertz CT molecular complexity index is 526. The van der Waals surface area contributed by atoms with Crippen LogP contribution in [0.25, 0.3) is 0 Å². The smallest absolute Gasteiger partial charge is 0.246 e. The van der Waals surface area contributed by atoms with Crippen molar-refractivity contribution in [3.8, 4) is 5.75 Å². The molecule has 0 atom stereocenters. The van der Waals surface area contributed by atoms with Gasteiger partial charge in [0.05, 0.1) is 7.11 Å². The first-order valence-corrected chi connectivity index (χ1v) is 7.19. The van der Waals surface area contributed by atoms with Gasteiger partial charge in [-0.1, -0.05) is 6.92 Å². The van der Waals surface area contributed by atoms with Crippen LogP contribution in [0.5, 0.6) is 5.75 Å². The number of ether oxygens (including phenoxy) is 1. The van der Waals surface area contributed by atoms with Crippen LogP contribution in [0.4, 0.5) is 5.69 Å². The molecule has 1 rings (SSSR count). The number of benzene rings is 1. The van der Waals surface area contributed by atoms with Crippen molar-refractivity contribution in [2.45, 2.75) is 25.2 Å². The average Bonchev–Trinajstić information content (AvgIpc) is 2.32. The Morgan fingerprint density at radius 3 is 2.50 bits per heavy atom. The van der Waals surface area contributed by atoms with Gasteiger partial charge in [0.1, 0.15) is 10.6 Å². The van der Waals surface area contributed by atoms with Crippen LogP contribution in [0.1, 0.15) is 18.9 Å². The lowest BCUT2D eigenvalue weighted by Gasteiger charge is -2.19. The Balaban J connectivity index is 3.36. The van der Waals surface area contributed by atoms with Crippen LogP contribution in [-0.4, -0.2) is 33.4 Å². The largest absolute Gasteiger partial charge is 0.495 e. The lowest BCUT2D eigenvalue weighted by atomic mass is 10.2. The molecule has 102 valence electrons. The molecule has 0 aliphatic rings. The van der Waals surface area contributed by atoms with Gasteiger partial charge in [-0.3, -0.25) is 0 Å². The third-order valence-corrected chi connectivity index (χ3v) is 4.66. The highest BCUT2D eigenvalue weighted by atomic mass is 32.2. The van der Waals surface area contributed by atoms with Crippen molar-refractivity contribution in [1.82, 2.24) is 4.31 Å². The van der Waals surface area contributed by atoms with E-state index in [1.165, 1.54) is 17.5 Å². The first kappa shape index (κ1) is 14.8. The average molecular weight is 272 g/mol. The fraction of sp³-hybridized carbons (Fsp3) is 0.500. The molecule has 0 amide bonds. The van der Waals surface area contributed by atoms with E-state index in [2.05, 4.69) is 0 Å². The van der Waals surface area contributed by atoms with Gasteiger partial charge < -0.3 is 10.5 Å². The van der Waals surface area contributed by atoms with Crippen molar-refractivity contribution in [1.29, 1.82) is 0 Å². The van der Waals surface area contributed by atoms with Gasteiger partial charge in [0, 0.05) is 19.3 Å². The predicted molar refractivity (Wildman–Crippen MR) is 72.3 cm³/mol. The van der Waals surface area contributed by atoms with Crippen molar-refractivity contribution in [2.75, 3.05) is 26.4 Å². The van der Waals surface area contributed by atoms with Gasteiger partial charge in [-0.2, -0.15) is 0 Å². The maximum absolute atomic E-state index is 12.4. The number of hydrogen-bond donors (Lipinski definition) is 1. The minimum atomic E-state index is -3.55. The van der Waals surface area contributed by atoms with Crippen LogP contribution in [0, 0.1) is 6.92 Å². The van der Waals surface area contributed by atoms with E-state index in [1.54, 1.807) is 13.1 Å². The molecule has 0 radical (unpaired) electrons. The van der Waals surface area contributed by atoms with Gasteiger partial charge in [-0.05, 0) is 31.0 Å². The molecule has 1 aromatic rings. The number of nitrogens with zero attached hydrogens (tertiary/aromatic N) is 1. The van der Waals surface area contributed by atoms with Crippen LogP contribution < -0.4 is 10.5 Å². The summed E-state index contributed by atoms with van der Waals surface area (Å²) in [5.41, 5.74) is 7.02. The maximum atomic E-state index is 12.4. The summed E-state index contributed by atoms with van der Waals surface area (Å²) in [6.07, 6.45) is 0.749. The van der Waals surface area contributed by atoms with Crippen molar-refractivity contribution in [2.24, 2.45) is 0 Å². The van der Waals surface area contributed by atoms with Crippen molar-refractivity contribution in [3.05, 3.63) is 17.7 Å². The summed E-state index contributed by atoms with van der Waals surface area (Å²) in [5.74, 6) is 0.324. The fourth-order valence-corrected chi connectivity index (χ4v) is 3.07. The third kappa shape index (κ3) is 2.76. The van der Waals surface area contributed by atoms with Gasteiger partial charge in [-0.15, -0.1) is 0 Å². The Morgan fingerprint density at radius 1 is 1.39 bits per heavy atom. The zero-order valence-electron chi connectivity index (χ0n) is 11.2. The second-order valence-electron chi connectivity index (χ2n) is 4.19. The molecule has 18 heavy (non-hydrogen) atoms. The summed E-state index contributed by atoms with van der Waals surface area (Å²) in [6, 6.07) is 3.09. The predicted octanol–water partition coefficient (Wildman–Crippen LogP) is 1.62. The number of aryl methyl sites for hydroxylation is 1. The molecule has 0 saturated carbocycles. The summed E-state index contributed by atoms with van der Waals surface area (Å²) in [4.78, 5) is 0.115. The maximum Gasteiger partial charge on any atom is 0.246 e. The number of sulfonamides is 1. The van der Waals surface area contributed by atoms with Crippen molar-refractivity contribution in [3.63, 3.8) is 0 Å². The second kappa shape index (κ2) is 5.58. The fourth-order valence-electron chi connectivity index (χ4n) is 1.64. The van der Waals surface area contributed by atoms with Gasteiger partial charge in [0.2, 0.25) is 10.0 Å². The van der Waals surface area contributed by atoms with E-state index < -0.39 is 10.0 Å². The Morgan fingerprint density at radius 2 is 2.00 bits per heavy atom. The molecule has 0 bridgehead atoms. The molecule has 0 saturated heterocycles. The van der Waals surface area contributed by atoms with Crippen molar-refractivity contribution >= 4 is 15.7 Å². The van der Waals surface area contributed by atoms with Crippen LogP contribution >= 0.6 is 0 Å². The van der Waals surface area contributed by atoms with E-state index in [-0.39, 0.29) is 4.90 Å². The van der Waals surface area contributed by atoms with E-state index in [1.807, 2.05) is 13.8 Å². The number of hydrogen-bond acceptors (Lipinski definition) is 4. The van der Waals surface area contributed by atoms with E-state index in [4.69, 9.17) is 10.5 Å². The highest BCUT2D eigenvalue weighted by Gasteiger charge is 2.25. The van der Waals surface area contributed by atoms with Crippen LogP contribution in [0.3, 0.4) is 0 Å². The summed E-state index contributed by atoms with van der Waals surface area (Å²) < 4.78 is 31.2. The summed E-state index contributed by atoms with van der Waals surface area (Å²) in [7, 11) is -0.557. The monoisotopic (exact) mass is 272 g/mol. The molecule has 0 aliphatic carbocycles. The van der Waals surface area contributed by atoms with E-state index >= 15 is 0 Å². The normalized spacial score (nSPS) is 11.8. The Labute approximate surface area is 109 Å². The molecule has 0 spiro atoms. The molecule has 0 fully saturated rings. The molecule has 1 aromatic carbocycles. The number of nitrogens with two attached hydrogens (primary N) is 1. The lowest BCUT2D eigenvalue weighted by Crippen LogP contribution is -2.28. The minimum absolute atomic E-state index is 0.115. The number of anilines is 1. The van der Waals surface area contributed by atoms with E-state index in [9.17, 15) is 8.42 Å². The molecule has 0 aromatic heterocycles. The number of rotatable bonds is 5. The topological polar surface area (TPSA) is 72.6 Å². The third-order valence-electron chi connectivity index (χ3n) is 2.78. The molecule has 5 nitrogen and oxygen atoms in total.